The second kappa shape index (κ2) is 5.87. The maximum atomic E-state index is 12.5. The topological polar surface area (TPSA) is 79.0 Å². The first kappa shape index (κ1) is 16.7. The van der Waals surface area contributed by atoms with Crippen LogP contribution in [0.5, 0.6) is 0 Å². The van der Waals surface area contributed by atoms with Crippen LogP contribution in [0, 0.1) is 0 Å². The fourth-order valence-electron chi connectivity index (χ4n) is 2.90. The summed E-state index contributed by atoms with van der Waals surface area (Å²) in [6.07, 6.45) is 1.62. The smallest absolute Gasteiger partial charge is 0.326 e. The third-order valence-electron chi connectivity index (χ3n) is 4.16. The van der Waals surface area contributed by atoms with Gasteiger partial charge >= 0.3 is 12.0 Å². The molecule has 0 radical (unpaired) electrons. The van der Waals surface area contributed by atoms with E-state index in [4.69, 9.17) is 4.74 Å². The van der Waals surface area contributed by atoms with E-state index >= 15 is 0 Å². The Kier molecular flexibility index (Phi) is 4.47. The highest BCUT2D eigenvalue weighted by atomic mass is 16.6. The lowest BCUT2D eigenvalue weighted by Gasteiger charge is -2.35. The van der Waals surface area contributed by atoms with Crippen LogP contribution < -0.4 is 5.32 Å². The minimum absolute atomic E-state index is 0.0577. The molecule has 0 aromatic rings. The molecular formula is C15H25N3O4. The Bertz CT molecular complexity index is 470. The Morgan fingerprint density at radius 2 is 2.00 bits per heavy atom. The van der Waals surface area contributed by atoms with Gasteiger partial charge in [-0.2, -0.15) is 0 Å². The Morgan fingerprint density at radius 1 is 1.32 bits per heavy atom. The average Bonchev–Trinajstić information content (AvgIpc) is 2.91. The van der Waals surface area contributed by atoms with E-state index in [0.717, 1.165) is 19.4 Å². The maximum absolute atomic E-state index is 12.5. The number of nitrogens with zero attached hydrogens (tertiary/aromatic N) is 2. The number of nitrogens with one attached hydrogen (secondary N) is 1. The molecule has 0 saturated carbocycles. The molecule has 7 heteroatoms. The molecule has 2 aliphatic rings. The molecule has 1 atom stereocenters. The second-order valence-corrected chi connectivity index (χ2v) is 7.07. The van der Waals surface area contributed by atoms with Crippen molar-refractivity contribution in [1.82, 2.24) is 15.1 Å². The number of carbonyl (C=O) groups excluding carboxylic acids is 3. The summed E-state index contributed by atoms with van der Waals surface area (Å²) in [6.45, 7) is 9.02. The average molecular weight is 311 g/mol. The summed E-state index contributed by atoms with van der Waals surface area (Å²) in [5, 5.41) is 2.50. The number of ether oxygens (including phenoxy) is 1. The zero-order chi connectivity index (χ0) is 16.5. The van der Waals surface area contributed by atoms with Crippen LogP contribution in [0.15, 0.2) is 0 Å². The summed E-state index contributed by atoms with van der Waals surface area (Å²) >= 11 is 0. The molecule has 1 N–H and O–H groups in total. The molecule has 2 aliphatic heterocycles. The highest BCUT2D eigenvalue weighted by Gasteiger charge is 2.46. The van der Waals surface area contributed by atoms with Crippen LogP contribution in [0.25, 0.3) is 0 Å². The Hall–Kier alpha value is -1.63. The van der Waals surface area contributed by atoms with E-state index in [2.05, 4.69) is 5.32 Å². The first-order valence-corrected chi connectivity index (χ1v) is 7.70. The predicted molar refractivity (Wildman–Crippen MR) is 80.2 cm³/mol. The quantitative estimate of drug-likeness (QED) is 0.612. The highest BCUT2D eigenvalue weighted by molar-refractivity contribution is 6.01. The maximum Gasteiger partial charge on any atom is 0.326 e. The van der Waals surface area contributed by atoms with Gasteiger partial charge in [-0.15, -0.1) is 0 Å². The number of imide groups is 1. The lowest BCUT2D eigenvalue weighted by molar-refractivity contribution is -0.167. The minimum Gasteiger partial charge on any atom is -0.459 e. The number of hydrogen-bond acceptors (Lipinski definition) is 5. The summed E-state index contributed by atoms with van der Waals surface area (Å²) in [5.74, 6) is -0.460. The molecule has 2 rings (SSSR count). The van der Waals surface area contributed by atoms with Gasteiger partial charge in [0, 0.05) is 13.1 Å². The van der Waals surface area contributed by atoms with Gasteiger partial charge in [0.1, 0.15) is 11.1 Å². The fourth-order valence-corrected chi connectivity index (χ4v) is 2.90. The molecule has 7 nitrogen and oxygen atoms in total. The molecule has 0 aliphatic carbocycles. The lowest BCUT2D eigenvalue weighted by Crippen LogP contribution is -2.53. The molecule has 0 spiro atoms. The van der Waals surface area contributed by atoms with Gasteiger partial charge in [-0.25, -0.2) is 4.79 Å². The van der Waals surface area contributed by atoms with Crippen LogP contribution in [0.3, 0.4) is 0 Å². The second-order valence-electron chi connectivity index (χ2n) is 7.07. The van der Waals surface area contributed by atoms with E-state index < -0.39 is 11.1 Å². The third kappa shape index (κ3) is 3.40. The Balaban J connectivity index is 1.99. The number of likely N-dealkylation sites (tertiary alicyclic amines) is 1. The normalized spacial score (nSPS) is 26.5. The van der Waals surface area contributed by atoms with E-state index in [9.17, 15) is 14.4 Å². The van der Waals surface area contributed by atoms with Gasteiger partial charge in [-0.3, -0.25) is 19.4 Å². The number of hydrogen-bond donors (Lipinski definition) is 1. The molecule has 22 heavy (non-hydrogen) atoms. The van der Waals surface area contributed by atoms with Crippen molar-refractivity contribution < 1.29 is 19.1 Å². The lowest BCUT2D eigenvalue weighted by atomic mass is 9.98. The van der Waals surface area contributed by atoms with Crippen molar-refractivity contribution in [3.63, 3.8) is 0 Å². The van der Waals surface area contributed by atoms with Crippen molar-refractivity contribution in [2.45, 2.75) is 51.7 Å². The fraction of sp³-hybridized carbons (Fsp3) is 0.800. The van der Waals surface area contributed by atoms with Crippen molar-refractivity contribution in [3.05, 3.63) is 0 Å². The van der Waals surface area contributed by atoms with Gasteiger partial charge in [0.25, 0.3) is 0 Å². The van der Waals surface area contributed by atoms with E-state index in [-0.39, 0.29) is 24.5 Å². The summed E-state index contributed by atoms with van der Waals surface area (Å²) in [4.78, 5) is 38.9. The van der Waals surface area contributed by atoms with Crippen LogP contribution in [-0.2, 0) is 14.3 Å². The number of esters is 1. The molecule has 2 fully saturated rings. The molecule has 2 heterocycles. The third-order valence-corrected chi connectivity index (χ3v) is 4.16. The number of urea groups is 1. The van der Waals surface area contributed by atoms with E-state index in [1.165, 1.54) is 4.90 Å². The van der Waals surface area contributed by atoms with Crippen molar-refractivity contribution in [1.29, 1.82) is 0 Å². The summed E-state index contributed by atoms with van der Waals surface area (Å²) in [5.41, 5.74) is -1.22. The van der Waals surface area contributed by atoms with Gasteiger partial charge in [-0.05, 0) is 47.1 Å². The van der Waals surface area contributed by atoms with Gasteiger partial charge in [0.05, 0.1) is 6.54 Å². The minimum atomic E-state index is -0.688. The largest absolute Gasteiger partial charge is 0.459 e. The summed E-state index contributed by atoms with van der Waals surface area (Å²) in [6, 6.07) is -0.358. The van der Waals surface area contributed by atoms with Gasteiger partial charge in [-0.1, -0.05) is 0 Å². The van der Waals surface area contributed by atoms with E-state index in [0.29, 0.717) is 13.1 Å². The molecular weight excluding hydrogens is 286 g/mol. The predicted octanol–water partition coefficient (Wildman–Crippen LogP) is 0.734. The van der Waals surface area contributed by atoms with E-state index in [1.807, 2.05) is 32.6 Å². The summed E-state index contributed by atoms with van der Waals surface area (Å²) in [7, 11) is 0. The van der Waals surface area contributed by atoms with Gasteiger partial charge in [0.15, 0.2) is 0 Å². The molecule has 0 aromatic carbocycles. The Morgan fingerprint density at radius 3 is 2.55 bits per heavy atom. The van der Waals surface area contributed by atoms with Crippen LogP contribution in [0.2, 0.25) is 0 Å². The molecule has 2 saturated heterocycles. The molecule has 124 valence electrons. The number of carbonyl (C=O) groups is 3. The first-order valence-electron chi connectivity index (χ1n) is 7.70. The van der Waals surface area contributed by atoms with Gasteiger partial charge in [0.2, 0.25) is 5.91 Å². The monoisotopic (exact) mass is 311 g/mol. The zero-order valence-electron chi connectivity index (χ0n) is 13.8. The highest BCUT2D eigenvalue weighted by Crippen LogP contribution is 2.31. The number of rotatable bonds is 4. The van der Waals surface area contributed by atoms with Gasteiger partial charge < -0.3 is 10.1 Å². The molecule has 1 unspecified atom stereocenters. The molecule has 0 bridgehead atoms. The standard InChI is InChI=1S/C15H25N3O4/c1-14(2,3)22-12(20)15(4)6-5-7-17(15)8-9-18-11(19)10-16-13(18)21/h5-10H2,1-4H3,(H,16,21). The van der Waals surface area contributed by atoms with Crippen LogP contribution in [0.4, 0.5) is 4.79 Å². The van der Waals surface area contributed by atoms with Crippen molar-refractivity contribution in [2.75, 3.05) is 26.2 Å². The SMILES string of the molecule is CC(C)(C)OC(=O)C1(C)CCCN1CCN1C(=O)CNC1=O. The zero-order valence-corrected chi connectivity index (χ0v) is 13.8. The first-order chi connectivity index (χ1) is 10.1. The summed E-state index contributed by atoms with van der Waals surface area (Å²) < 4.78 is 5.53. The van der Waals surface area contributed by atoms with Crippen molar-refractivity contribution >= 4 is 17.9 Å². The van der Waals surface area contributed by atoms with E-state index in [1.54, 1.807) is 0 Å². The molecule has 3 amide bonds. The van der Waals surface area contributed by atoms with Crippen molar-refractivity contribution in [3.8, 4) is 0 Å². The van der Waals surface area contributed by atoms with Crippen LogP contribution in [-0.4, -0.2) is 65.0 Å². The van der Waals surface area contributed by atoms with Crippen LogP contribution in [0.1, 0.15) is 40.5 Å². The number of amides is 3. The van der Waals surface area contributed by atoms with Crippen LogP contribution >= 0.6 is 0 Å². The Labute approximate surface area is 131 Å². The molecule has 0 aromatic heterocycles. The van der Waals surface area contributed by atoms with Crippen molar-refractivity contribution in [2.24, 2.45) is 0 Å².